The van der Waals surface area contributed by atoms with Gasteiger partial charge in [0.05, 0.1) is 5.84 Å². The fourth-order valence-corrected chi connectivity index (χ4v) is 2.49. The molecule has 0 aromatic carbocycles. The minimum absolute atomic E-state index is 0.0294. The number of nitrogens with zero attached hydrogens (tertiary/aromatic N) is 2. The van der Waals surface area contributed by atoms with E-state index in [1.54, 1.807) is 13.0 Å². The predicted octanol–water partition coefficient (Wildman–Crippen LogP) is 0.274. The van der Waals surface area contributed by atoms with Crippen LogP contribution in [0.5, 0.6) is 0 Å². The summed E-state index contributed by atoms with van der Waals surface area (Å²) in [6.45, 7) is 1.88. The van der Waals surface area contributed by atoms with Crippen molar-refractivity contribution in [3.05, 3.63) is 24.5 Å². The second kappa shape index (κ2) is 5.24. The average Bonchev–Trinajstić information content (AvgIpc) is 2.29. The van der Waals surface area contributed by atoms with Gasteiger partial charge in [0.2, 0.25) is 10.0 Å². The molecule has 0 saturated carbocycles. The minimum Gasteiger partial charge on any atom is -0.387 e. The normalized spacial score (nSPS) is 13.6. The van der Waals surface area contributed by atoms with Gasteiger partial charge in [-0.3, -0.25) is 10.4 Å². The smallest absolute Gasteiger partial charge is 0.244 e. The maximum Gasteiger partial charge on any atom is 0.244 e. The van der Waals surface area contributed by atoms with E-state index in [0.717, 1.165) is 0 Å². The molecule has 1 aromatic heterocycles. The molecule has 1 aromatic rings. The maximum atomic E-state index is 12.1. The van der Waals surface area contributed by atoms with Crippen molar-refractivity contribution in [2.45, 2.75) is 11.8 Å². The third-order valence-electron chi connectivity index (χ3n) is 2.40. The van der Waals surface area contributed by atoms with Gasteiger partial charge in [-0.2, -0.15) is 0 Å². The summed E-state index contributed by atoms with van der Waals surface area (Å²) in [6.07, 6.45) is 2.81. The van der Waals surface area contributed by atoms with E-state index in [1.807, 2.05) is 0 Å². The van der Waals surface area contributed by atoms with Gasteiger partial charge in [0.25, 0.3) is 0 Å². The summed E-state index contributed by atoms with van der Waals surface area (Å²) in [5.74, 6) is -0.343. The van der Waals surface area contributed by atoms with E-state index in [1.165, 1.54) is 29.8 Å². The van der Waals surface area contributed by atoms with Gasteiger partial charge in [-0.1, -0.05) is 6.92 Å². The van der Waals surface area contributed by atoms with Crippen molar-refractivity contribution in [3.63, 3.8) is 0 Å². The first-order valence-electron chi connectivity index (χ1n) is 5.06. The lowest BCUT2D eigenvalue weighted by Crippen LogP contribution is -2.35. The third-order valence-corrected chi connectivity index (χ3v) is 4.21. The molecule has 0 bridgehead atoms. The minimum atomic E-state index is -3.55. The van der Waals surface area contributed by atoms with E-state index >= 15 is 0 Å². The monoisotopic (exact) mass is 256 g/mol. The largest absolute Gasteiger partial charge is 0.387 e. The second-order valence-corrected chi connectivity index (χ2v) is 5.88. The SMILES string of the molecule is CC(CN(C)S(=O)(=O)c1cccnc1)C(=N)N. The molecule has 94 valence electrons. The molecular formula is C10H16N4O2S. The molecule has 1 heterocycles. The molecule has 0 aliphatic heterocycles. The van der Waals surface area contributed by atoms with Crippen LogP contribution in [0.15, 0.2) is 29.4 Å². The van der Waals surface area contributed by atoms with Crippen LogP contribution < -0.4 is 5.73 Å². The van der Waals surface area contributed by atoms with E-state index in [-0.39, 0.29) is 23.2 Å². The number of pyridine rings is 1. The third kappa shape index (κ3) is 3.24. The first-order valence-corrected chi connectivity index (χ1v) is 6.50. The Morgan fingerprint density at radius 1 is 1.65 bits per heavy atom. The highest BCUT2D eigenvalue weighted by Gasteiger charge is 2.23. The first kappa shape index (κ1) is 13.6. The van der Waals surface area contributed by atoms with Crippen molar-refractivity contribution >= 4 is 15.9 Å². The molecule has 0 spiro atoms. The molecule has 17 heavy (non-hydrogen) atoms. The zero-order valence-corrected chi connectivity index (χ0v) is 10.6. The van der Waals surface area contributed by atoms with E-state index in [4.69, 9.17) is 11.1 Å². The Morgan fingerprint density at radius 3 is 2.76 bits per heavy atom. The number of hydrogen-bond acceptors (Lipinski definition) is 4. The van der Waals surface area contributed by atoms with Gasteiger partial charge in [-0.05, 0) is 12.1 Å². The fraction of sp³-hybridized carbons (Fsp3) is 0.400. The summed E-state index contributed by atoms with van der Waals surface area (Å²) >= 11 is 0. The van der Waals surface area contributed by atoms with Crippen LogP contribution in [0, 0.1) is 11.3 Å². The summed E-state index contributed by atoms with van der Waals surface area (Å²) in [5, 5.41) is 7.25. The van der Waals surface area contributed by atoms with Crippen molar-refractivity contribution in [1.82, 2.24) is 9.29 Å². The molecule has 0 amide bonds. The first-order chi connectivity index (χ1) is 7.85. The van der Waals surface area contributed by atoms with Crippen LogP contribution in [0.1, 0.15) is 6.92 Å². The molecule has 0 fully saturated rings. The van der Waals surface area contributed by atoms with Gasteiger partial charge < -0.3 is 5.73 Å². The fourth-order valence-electron chi connectivity index (χ4n) is 1.26. The van der Waals surface area contributed by atoms with Crippen molar-refractivity contribution in [2.24, 2.45) is 11.7 Å². The van der Waals surface area contributed by atoms with Gasteiger partial charge in [-0.15, -0.1) is 0 Å². The lowest BCUT2D eigenvalue weighted by atomic mass is 10.2. The van der Waals surface area contributed by atoms with Crippen LogP contribution in [-0.2, 0) is 10.0 Å². The zero-order valence-electron chi connectivity index (χ0n) is 9.79. The van der Waals surface area contributed by atoms with E-state index in [2.05, 4.69) is 4.98 Å². The number of rotatable bonds is 5. The maximum absolute atomic E-state index is 12.1. The summed E-state index contributed by atoms with van der Waals surface area (Å²) in [4.78, 5) is 3.91. The Hall–Kier alpha value is -1.47. The molecule has 7 heteroatoms. The molecule has 0 saturated heterocycles. The van der Waals surface area contributed by atoms with Crippen LogP contribution in [0.25, 0.3) is 0 Å². The Morgan fingerprint density at radius 2 is 2.29 bits per heavy atom. The number of nitrogens with one attached hydrogen (secondary N) is 1. The highest BCUT2D eigenvalue weighted by molar-refractivity contribution is 7.89. The van der Waals surface area contributed by atoms with Crippen molar-refractivity contribution in [1.29, 1.82) is 5.41 Å². The van der Waals surface area contributed by atoms with Gasteiger partial charge in [0.15, 0.2) is 0 Å². The van der Waals surface area contributed by atoms with Crippen LogP contribution in [0.2, 0.25) is 0 Å². The number of amidine groups is 1. The Labute approximate surface area is 101 Å². The molecule has 0 aliphatic rings. The average molecular weight is 256 g/mol. The number of sulfonamides is 1. The van der Waals surface area contributed by atoms with E-state index in [9.17, 15) is 8.42 Å². The lowest BCUT2D eigenvalue weighted by molar-refractivity contribution is 0.443. The predicted molar refractivity (Wildman–Crippen MR) is 65.1 cm³/mol. The summed E-state index contributed by atoms with van der Waals surface area (Å²) in [5.41, 5.74) is 5.32. The lowest BCUT2D eigenvalue weighted by Gasteiger charge is -2.20. The molecule has 6 nitrogen and oxygen atoms in total. The number of aromatic nitrogens is 1. The van der Waals surface area contributed by atoms with Crippen LogP contribution >= 0.6 is 0 Å². The summed E-state index contributed by atoms with van der Waals surface area (Å²) in [6, 6.07) is 3.05. The van der Waals surface area contributed by atoms with Crippen LogP contribution in [0.4, 0.5) is 0 Å². The quantitative estimate of drug-likeness (QED) is 0.583. The second-order valence-electron chi connectivity index (χ2n) is 3.83. The highest BCUT2D eigenvalue weighted by Crippen LogP contribution is 2.13. The highest BCUT2D eigenvalue weighted by atomic mass is 32.2. The van der Waals surface area contributed by atoms with E-state index in [0.29, 0.717) is 0 Å². The molecule has 1 atom stereocenters. The zero-order chi connectivity index (χ0) is 13.1. The molecule has 1 rings (SSSR count). The van der Waals surface area contributed by atoms with Gasteiger partial charge in [0.1, 0.15) is 4.90 Å². The standard InChI is InChI=1S/C10H16N4O2S/c1-8(10(11)12)7-14(2)17(15,16)9-4-3-5-13-6-9/h3-6,8H,7H2,1-2H3,(H3,11,12). The van der Waals surface area contributed by atoms with Gasteiger partial charge in [-0.25, -0.2) is 12.7 Å². The summed E-state index contributed by atoms with van der Waals surface area (Å²) < 4.78 is 25.3. The number of hydrogen-bond donors (Lipinski definition) is 2. The summed E-state index contributed by atoms with van der Waals surface area (Å²) in [7, 11) is -2.09. The molecular weight excluding hydrogens is 240 g/mol. The van der Waals surface area contributed by atoms with Crippen LogP contribution in [0.3, 0.4) is 0 Å². The number of nitrogens with two attached hydrogens (primary N) is 1. The Kier molecular flexibility index (Phi) is 4.19. The van der Waals surface area contributed by atoms with Crippen molar-refractivity contribution < 1.29 is 8.42 Å². The molecule has 1 unspecified atom stereocenters. The van der Waals surface area contributed by atoms with Crippen LogP contribution in [-0.4, -0.2) is 37.1 Å². The molecule has 0 aliphatic carbocycles. The Bertz CT molecular complexity index is 486. The van der Waals surface area contributed by atoms with E-state index < -0.39 is 10.0 Å². The Balaban J connectivity index is 2.89. The van der Waals surface area contributed by atoms with Crippen molar-refractivity contribution in [2.75, 3.05) is 13.6 Å². The van der Waals surface area contributed by atoms with Crippen molar-refractivity contribution in [3.8, 4) is 0 Å². The van der Waals surface area contributed by atoms with Gasteiger partial charge in [0, 0.05) is 31.9 Å². The molecule has 3 N–H and O–H groups in total. The topological polar surface area (TPSA) is 100 Å². The van der Waals surface area contributed by atoms with Gasteiger partial charge >= 0.3 is 0 Å². The molecule has 0 radical (unpaired) electrons.